The first-order valence-corrected chi connectivity index (χ1v) is 7.48. The Morgan fingerprint density at radius 3 is 3.05 bits per heavy atom. The Bertz CT molecular complexity index is 528. The zero-order valence-electron chi connectivity index (χ0n) is 11.9. The molecule has 4 nitrogen and oxygen atoms in total. The zero-order chi connectivity index (χ0) is 14.2. The van der Waals surface area contributed by atoms with E-state index in [9.17, 15) is 0 Å². The third kappa shape index (κ3) is 4.92. The molecule has 0 spiro atoms. The molecule has 1 N–H and O–H groups in total. The van der Waals surface area contributed by atoms with Crippen molar-refractivity contribution in [3.05, 3.63) is 45.9 Å². The molecule has 0 radical (unpaired) electrons. The predicted molar refractivity (Wildman–Crippen MR) is 81.2 cm³/mol. The summed E-state index contributed by atoms with van der Waals surface area (Å²) in [5.41, 5.74) is 2.25. The zero-order valence-corrected chi connectivity index (χ0v) is 12.7. The van der Waals surface area contributed by atoms with Gasteiger partial charge in [-0.3, -0.25) is 0 Å². The highest BCUT2D eigenvalue weighted by Crippen LogP contribution is 2.16. The van der Waals surface area contributed by atoms with Gasteiger partial charge in [-0.2, -0.15) is 0 Å². The van der Waals surface area contributed by atoms with Crippen LogP contribution in [-0.4, -0.2) is 25.2 Å². The molecular weight excluding hydrogens is 272 g/mol. The summed E-state index contributed by atoms with van der Waals surface area (Å²) in [6.07, 6.45) is 0. The molecule has 0 amide bonds. The molecule has 0 aliphatic heterocycles. The second-order valence-electron chi connectivity index (χ2n) is 4.51. The number of hydrogen-bond acceptors (Lipinski definition) is 5. The SMILES string of the molecule is COCCNCc1csc(COc2cccc(C)c2)n1. The maximum atomic E-state index is 5.74. The molecule has 1 aromatic carbocycles. The van der Waals surface area contributed by atoms with E-state index in [0.29, 0.717) is 13.2 Å². The lowest BCUT2D eigenvalue weighted by molar-refractivity contribution is 0.199. The van der Waals surface area contributed by atoms with E-state index in [-0.39, 0.29) is 0 Å². The monoisotopic (exact) mass is 292 g/mol. The van der Waals surface area contributed by atoms with Crippen molar-refractivity contribution in [2.24, 2.45) is 0 Å². The summed E-state index contributed by atoms with van der Waals surface area (Å²) in [5, 5.41) is 6.34. The number of aromatic nitrogens is 1. The highest BCUT2D eigenvalue weighted by Gasteiger charge is 2.03. The summed E-state index contributed by atoms with van der Waals surface area (Å²) >= 11 is 1.63. The van der Waals surface area contributed by atoms with Gasteiger partial charge in [0.05, 0.1) is 12.3 Å². The molecule has 0 saturated heterocycles. The Kier molecular flexibility index (Phi) is 5.98. The minimum Gasteiger partial charge on any atom is -0.486 e. The van der Waals surface area contributed by atoms with Gasteiger partial charge in [0, 0.05) is 25.6 Å². The summed E-state index contributed by atoms with van der Waals surface area (Å²) in [6.45, 7) is 4.90. The standard InChI is InChI=1S/C15H20N2O2S/c1-12-4-3-5-14(8-12)19-10-15-17-13(11-20-15)9-16-6-7-18-2/h3-5,8,11,16H,6-7,9-10H2,1-2H3. The summed E-state index contributed by atoms with van der Waals surface area (Å²) < 4.78 is 10.7. The molecule has 2 rings (SSSR count). The minimum absolute atomic E-state index is 0.520. The first kappa shape index (κ1) is 15.0. The van der Waals surface area contributed by atoms with Crippen LogP contribution < -0.4 is 10.1 Å². The lowest BCUT2D eigenvalue weighted by atomic mass is 10.2. The molecule has 108 valence electrons. The van der Waals surface area contributed by atoms with Crippen molar-refractivity contribution in [3.8, 4) is 5.75 Å². The van der Waals surface area contributed by atoms with Crippen LogP contribution >= 0.6 is 11.3 Å². The van der Waals surface area contributed by atoms with Crippen molar-refractivity contribution >= 4 is 11.3 Å². The van der Waals surface area contributed by atoms with Gasteiger partial charge in [-0.1, -0.05) is 12.1 Å². The van der Waals surface area contributed by atoms with Crippen LogP contribution in [0, 0.1) is 6.92 Å². The number of hydrogen-bond donors (Lipinski definition) is 1. The molecule has 2 aromatic rings. The molecule has 0 fully saturated rings. The first-order chi connectivity index (χ1) is 9.78. The summed E-state index contributed by atoms with van der Waals surface area (Å²) in [7, 11) is 1.70. The Morgan fingerprint density at radius 2 is 2.25 bits per heavy atom. The van der Waals surface area contributed by atoms with Gasteiger partial charge in [0.25, 0.3) is 0 Å². The van der Waals surface area contributed by atoms with E-state index in [1.165, 1.54) is 5.56 Å². The third-order valence-electron chi connectivity index (χ3n) is 2.74. The maximum absolute atomic E-state index is 5.74. The highest BCUT2D eigenvalue weighted by molar-refractivity contribution is 7.09. The molecule has 5 heteroatoms. The minimum atomic E-state index is 0.520. The molecule has 0 aliphatic carbocycles. The van der Waals surface area contributed by atoms with E-state index < -0.39 is 0 Å². The van der Waals surface area contributed by atoms with Crippen molar-refractivity contribution in [1.29, 1.82) is 0 Å². The van der Waals surface area contributed by atoms with Crippen LogP contribution in [-0.2, 0) is 17.9 Å². The number of nitrogens with one attached hydrogen (secondary N) is 1. The van der Waals surface area contributed by atoms with Crippen molar-refractivity contribution in [2.45, 2.75) is 20.1 Å². The smallest absolute Gasteiger partial charge is 0.140 e. The van der Waals surface area contributed by atoms with E-state index in [0.717, 1.165) is 29.5 Å². The second kappa shape index (κ2) is 7.99. The third-order valence-corrected chi connectivity index (χ3v) is 3.61. The van der Waals surface area contributed by atoms with Crippen molar-refractivity contribution in [1.82, 2.24) is 10.3 Å². The molecule has 20 heavy (non-hydrogen) atoms. The van der Waals surface area contributed by atoms with Gasteiger partial charge in [0.1, 0.15) is 17.4 Å². The molecule has 1 aromatic heterocycles. The fourth-order valence-electron chi connectivity index (χ4n) is 1.74. The molecule has 0 bridgehead atoms. The Morgan fingerprint density at radius 1 is 1.35 bits per heavy atom. The number of thiazole rings is 1. The van der Waals surface area contributed by atoms with Crippen molar-refractivity contribution < 1.29 is 9.47 Å². The number of nitrogens with zero attached hydrogens (tertiary/aromatic N) is 1. The van der Waals surface area contributed by atoms with Crippen LogP contribution in [0.3, 0.4) is 0 Å². The normalized spacial score (nSPS) is 10.7. The average Bonchev–Trinajstić information content (AvgIpc) is 2.89. The van der Waals surface area contributed by atoms with E-state index >= 15 is 0 Å². The Balaban J connectivity index is 1.78. The highest BCUT2D eigenvalue weighted by atomic mass is 32.1. The second-order valence-corrected chi connectivity index (χ2v) is 5.45. The van der Waals surface area contributed by atoms with Crippen LogP contribution in [0.4, 0.5) is 0 Å². The van der Waals surface area contributed by atoms with E-state index in [1.807, 2.05) is 18.2 Å². The number of aryl methyl sites for hydroxylation is 1. The number of benzene rings is 1. The first-order valence-electron chi connectivity index (χ1n) is 6.60. The van der Waals surface area contributed by atoms with Crippen LogP contribution in [0.15, 0.2) is 29.6 Å². The lowest BCUT2D eigenvalue weighted by Crippen LogP contribution is -2.18. The average molecular weight is 292 g/mol. The number of methoxy groups -OCH3 is 1. The molecule has 0 unspecified atom stereocenters. The Labute approximate surface area is 123 Å². The van der Waals surface area contributed by atoms with Crippen molar-refractivity contribution in [3.63, 3.8) is 0 Å². The predicted octanol–water partition coefficient (Wildman–Crippen LogP) is 2.77. The largest absolute Gasteiger partial charge is 0.486 e. The van der Waals surface area contributed by atoms with Crippen LogP contribution in [0.25, 0.3) is 0 Å². The van der Waals surface area contributed by atoms with E-state index in [1.54, 1.807) is 18.4 Å². The van der Waals surface area contributed by atoms with Gasteiger partial charge < -0.3 is 14.8 Å². The summed E-state index contributed by atoms with van der Waals surface area (Å²) in [4.78, 5) is 4.54. The number of ether oxygens (including phenoxy) is 2. The quantitative estimate of drug-likeness (QED) is 0.760. The molecule has 0 atom stereocenters. The number of rotatable bonds is 8. The van der Waals surface area contributed by atoms with Crippen molar-refractivity contribution in [2.75, 3.05) is 20.3 Å². The van der Waals surface area contributed by atoms with Gasteiger partial charge in [-0.25, -0.2) is 4.98 Å². The van der Waals surface area contributed by atoms with Crippen LogP contribution in [0.5, 0.6) is 5.75 Å². The van der Waals surface area contributed by atoms with E-state index in [2.05, 4.69) is 28.7 Å². The molecule has 0 aliphatic rings. The molecule has 0 saturated carbocycles. The van der Waals surface area contributed by atoms with Gasteiger partial charge in [-0.15, -0.1) is 11.3 Å². The fraction of sp³-hybridized carbons (Fsp3) is 0.400. The molecular formula is C15H20N2O2S. The van der Waals surface area contributed by atoms with Crippen LogP contribution in [0.2, 0.25) is 0 Å². The fourth-order valence-corrected chi connectivity index (χ4v) is 2.44. The van der Waals surface area contributed by atoms with Gasteiger partial charge >= 0.3 is 0 Å². The maximum Gasteiger partial charge on any atom is 0.140 e. The van der Waals surface area contributed by atoms with E-state index in [4.69, 9.17) is 9.47 Å². The Hall–Kier alpha value is -1.43. The molecule has 1 heterocycles. The summed E-state index contributed by atoms with van der Waals surface area (Å²) in [5.74, 6) is 0.889. The lowest BCUT2D eigenvalue weighted by Gasteiger charge is -2.04. The van der Waals surface area contributed by atoms with Gasteiger partial charge in [-0.05, 0) is 24.6 Å². The van der Waals surface area contributed by atoms with Gasteiger partial charge in [0.2, 0.25) is 0 Å². The topological polar surface area (TPSA) is 43.4 Å². The van der Waals surface area contributed by atoms with Crippen LogP contribution in [0.1, 0.15) is 16.3 Å². The summed E-state index contributed by atoms with van der Waals surface area (Å²) in [6, 6.07) is 8.05. The van der Waals surface area contributed by atoms with Gasteiger partial charge in [0.15, 0.2) is 0 Å².